The van der Waals surface area contributed by atoms with Gasteiger partial charge in [0.25, 0.3) is 5.91 Å². The maximum atomic E-state index is 12.8. The lowest BCUT2D eigenvalue weighted by molar-refractivity contribution is 0.0730. The van der Waals surface area contributed by atoms with E-state index < -0.39 is 15.9 Å². The molecule has 0 bridgehead atoms. The molecule has 1 amide bonds. The lowest BCUT2D eigenvalue weighted by atomic mass is 10.0. The van der Waals surface area contributed by atoms with Gasteiger partial charge in [-0.15, -0.1) is 0 Å². The van der Waals surface area contributed by atoms with Gasteiger partial charge in [-0.25, -0.2) is 13.8 Å². The molecule has 1 saturated heterocycles. The number of benzene rings is 3. The van der Waals surface area contributed by atoms with Crippen LogP contribution in [0.25, 0.3) is 10.8 Å². The molecule has 2 N–H and O–H groups in total. The van der Waals surface area contributed by atoms with Gasteiger partial charge in [0.1, 0.15) is 5.75 Å². The van der Waals surface area contributed by atoms with Crippen LogP contribution in [0.2, 0.25) is 0 Å². The van der Waals surface area contributed by atoms with Crippen molar-refractivity contribution in [1.82, 2.24) is 9.73 Å². The molecule has 9 heteroatoms. The fourth-order valence-corrected chi connectivity index (χ4v) is 4.83. The number of aromatic hydroxyl groups is 1. The number of hydrazone groups is 1. The zero-order chi connectivity index (χ0) is 21.8. The van der Waals surface area contributed by atoms with Gasteiger partial charge in [-0.1, -0.05) is 36.4 Å². The molecule has 0 atom stereocenters. The number of phenolic OH excluding ortho intramolecular Hbond substituents is 1. The molecule has 1 fully saturated rings. The van der Waals surface area contributed by atoms with E-state index in [4.69, 9.17) is 4.74 Å². The molecule has 0 aromatic heterocycles. The first kappa shape index (κ1) is 21.0. The molecule has 160 valence electrons. The fraction of sp³-hybridized carbons (Fsp3) is 0.182. The third kappa shape index (κ3) is 4.43. The van der Waals surface area contributed by atoms with E-state index in [1.807, 2.05) is 24.3 Å². The zero-order valence-electron chi connectivity index (χ0n) is 16.6. The van der Waals surface area contributed by atoms with Crippen LogP contribution in [-0.2, 0) is 14.8 Å². The van der Waals surface area contributed by atoms with Gasteiger partial charge in [-0.2, -0.15) is 9.41 Å². The van der Waals surface area contributed by atoms with E-state index in [1.54, 1.807) is 12.1 Å². The smallest absolute Gasteiger partial charge is 0.271 e. The van der Waals surface area contributed by atoms with Crippen molar-refractivity contribution < 1.29 is 23.1 Å². The Kier molecular flexibility index (Phi) is 5.99. The Bertz CT molecular complexity index is 1250. The second kappa shape index (κ2) is 8.84. The Balaban J connectivity index is 1.52. The highest BCUT2D eigenvalue weighted by atomic mass is 32.2. The quantitative estimate of drug-likeness (QED) is 0.469. The first-order chi connectivity index (χ1) is 15.0. The SMILES string of the molecule is O=C(N/N=C/c1c(O)ccc2ccccc12)c1cccc(S(=O)(=O)N2CCOCC2)c1. The predicted molar refractivity (Wildman–Crippen MR) is 117 cm³/mol. The summed E-state index contributed by atoms with van der Waals surface area (Å²) in [5.74, 6) is -0.523. The van der Waals surface area contributed by atoms with Crippen molar-refractivity contribution in [2.45, 2.75) is 4.90 Å². The molecule has 8 nitrogen and oxygen atoms in total. The van der Waals surface area contributed by atoms with Crippen LogP contribution in [-0.4, -0.2) is 56.3 Å². The molecular formula is C22H21N3O5S. The topological polar surface area (TPSA) is 108 Å². The van der Waals surface area contributed by atoms with Crippen molar-refractivity contribution in [1.29, 1.82) is 0 Å². The number of fused-ring (bicyclic) bond motifs is 1. The van der Waals surface area contributed by atoms with Crippen LogP contribution in [0.1, 0.15) is 15.9 Å². The number of amides is 1. The molecule has 1 aliphatic rings. The molecule has 1 aliphatic heterocycles. The minimum absolute atomic E-state index is 0.0373. The summed E-state index contributed by atoms with van der Waals surface area (Å²) >= 11 is 0. The van der Waals surface area contributed by atoms with Crippen LogP contribution in [0.4, 0.5) is 0 Å². The van der Waals surface area contributed by atoms with E-state index in [1.165, 1.54) is 34.8 Å². The van der Waals surface area contributed by atoms with E-state index in [0.29, 0.717) is 18.8 Å². The number of rotatable bonds is 5. The summed E-state index contributed by atoms with van der Waals surface area (Å²) in [5, 5.41) is 15.8. The van der Waals surface area contributed by atoms with E-state index in [0.717, 1.165) is 10.8 Å². The van der Waals surface area contributed by atoms with Crippen molar-refractivity contribution in [3.63, 3.8) is 0 Å². The monoisotopic (exact) mass is 439 g/mol. The van der Waals surface area contributed by atoms with Crippen LogP contribution in [0.5, 0.6) is 5.75 Å². The van der Waals surface area contributed by atoms with Crippen LogP contribution >= 0.6 is 0 Å². The number of carbonyl (C=O) groups is 1. The number of carbonyl (C=O) groups excluding carboxylic acids is 1. The highest BCUT2D eigenvalue weighted by molar-refractivity contribution is 7.89. The predicted octanol–water partition coefficient (Wildman–Crippen LogP) is 2.33. The van der Waals surface area contributed by atoms with E-state index in [-0.39, 0.29) is 29.3 Å². The fourth-order valence-electron chi connectivity index (χ4n) is 3.37. The first-order valence-corrected chi connectivity index (χ1v) is 11.1. The van der Waals surface area contributed by atoms with E-state index in [2.05, 4.69) is 10.5 Å². The average Bonchev–Trinajstić information content (AvgIpc) is 2.81. The number of sulfonamides is 1. The summed E-state index contributed by atoms with van der Waals surface area (Å²) in [4.78, 5) is 12.6. The summed E-state index contributed by atoms with van der Waals surface area (Å²) < 4.78 is 32.2. The lowest BCUT2D eigenvalue weighted by Gasteiger charge is -2.26. The highest BCUT2D eigenvalue weighted by Crippen LogP contribution is 2.25. The van der Waals surface area contributed by atoms with E-state index in [9.17, 15) is 18.3 Å². The summed E-state index contributed by atoms with van der Waals surface area (Å²) in [6, 6.07) is 16.7. The summed E-state index contributed by atoms with van der Waals surface area (Å²) in [5.41, 5.74) is 3.02. The maximum absolute atomic E-state index is 12.8. The number of nitrogens with zero attached hydrogens (tertiary/aromatic N) is 2. The Hall–Kier alpha value is -3.27. The highest BCUT2D eigenvalue weighted by Gasteiger charge is 2.26. The number of hydrogen-bond acceptors (Lipinski definition) is 6. The first-order valence-electron chi connectivity index (χ1n) is 9.69. The molecule has 1 heterocycles. The second-order valence-corrected chi connectivity index (χ2v) is 8.90. The Labute approximate surface area is 179 Å². The van der Waals surface area contributed by atoms with Crippen molar-refractivity contribution in [2.24, 2.45) is 5.10 Å². The van der Waals surface area contributed by atoms with Crippen molar-refractivity contribution >= 4 is 32.9 Å². The van der Waals surface area contributed by atoms with E-state index >= 15 is 0 Å². The normalized spacial score (nSPS) is 15.4. The third-order valence-corrected chi connectivity index (χ3v) is 6.91. The minimum Gasteiger partial charge on any atom is -0.507 e. The number of ether oxygens (including phenoxy) is 1. The summed E-state index contributed by atoms with van der Waals surface area (Å²) in [7, 11) is -3.71. The number of hydrogen-bond donors (Lipinski definition) is 2. The maximum Gasteiger partial charge on any atom is 0.271 e. The van der Waals surface area contributed by atoms with Crippen LogP contribution in [0.3, 0.4) is 0 Å². The van der Waals surface area contributed by atoms with Gasteiger partial charge in [0, 0.05) is 24.2 Å². The van der Waals surface area contributed by atoms with Gasteiger partial charge in [-0.05, 0) is 35.0 Å². The molecular weight excluding hydrogens is 418 g/mol. The van der Waals surface area contributed by atoms with Crippen LogP contribution < -0.4 is 5.43 Å². The number of phenols is 1. The molecule has 31 heavy (non-hydrogen) atoms. The standard InChI is InChI=1S/C22H21N3O5S/c26-21-9-8-16-4-1-2-7-19(16)20(21)15-23-24-22(27)17-5-3-6-18(14-17)31(28,29)25-10-12-30-13-11-25/h1-9,14-15,26H,10-13H2,(H,24,27)/b23-15+. The van der Waals surface area contributed by atoms with Gasteiger partial charge in [-0.3, -0.25) is 4.79 Å². The third-order valence-electron chi connectivity index (χ3n) is 5.01. The van der Waals surface area contributed by atoms with Crippen molar-refractivity contribution in [3.05, 3.63) is 71.8 Å². The number of nitrogens with one attached hydrogen (secondary N) is 1. The largest absolute Gasteiger partial charge is 0.507 e. The van der Waals surface area contributed by atoms with Gasteiger partial charge < -0.3 is 9.84 Å². The Morgan fingerprint density at radius 1 is 1.06 bits per heavy atom. The zero-order valence-corrected chi connectivity index (χ0v) is 17.4. The molecule has 3 aromatic carbocycles. The van der Waals surface area contributed by atoms with Gasteiger partial charge in [0.05, 0.1) is 24.3 Å². The van der Waals surface area contributed by atoms with Gasteiger partial charge in [0.2, 0.25) is 10.0 Å². The molecule has 0 spiro atoms. The Morgan fingerprint density at radius 2 is 1.84 bits per heavy atom. The minimum atomic E-state index is -3.71. The lowest BCUT2D eigenvalue weighted by Crippen LogP contribution is -2.40. The molecule has 4 rings (SSSR count). The van der Waals surface area contributed by atoms with Crippen molar-refractivity contribution in [3.8, 4) is 5.75 Å². The molecule has 0 radical (unpaired) electrons. The number of morpholine rings is 1. The van der Waals surface area contributed by atoms with Gasteiger partial charge in [0.15, 0.2) is 0 Å². The molecule has 3 aromatic rings. The Morgan fingerprint density at radius 3 is 2.65 bits per heavy atom. The molecule has 0 aliphatic carbocycles. The summed E-state index contributed by atoms with van der Waals surface area (Å²) in [6.45, 7) is 1.24. The summed E-state index contributed by atoms with van der Waals surface area (Å²) in [6.07, 6.45) is 1.36. The van der Waals surface area contributed by atoms with Crippen LogP contribution in [0.15, 0.2) is 70.7 Å². The molecule has 0 saturated carbocycles. The van der Waals surface area contributed by atoms with Crippen LogP contribution in [0, 0.1) is 0 Å². The average molecular weight is 439 g/mol. The second-order valence-electron chi connectivity index (χ2n) is 6.96. The molecule has 0 unspecified atom stereocenters. The van der Waals surface area contributed by atoms with Gasteiger partial charge >= 0.3 is 0 Å². The van der Waals surface area contributed by atoms with Crippen molar-refractivity contribution in [2.75, 3.05) is 26.3 Å².